The van der Waals surface area contributed by atoms with Crippen LogP contribution in [0, 0.1) is 0 Å². The predicted octanol–water partition coefficient (Wildman–Crippen LogP) is 3.22. The Balaban J connectivity index is 1.99. The lowest BCUT2D eigenvalue weighted by molar-refractivity contribution is 0.127. The molecule has 1 heterocycles. The fourth-order valence-electron chi connectivity index (χ4n) is 3.80. The summed E-state index contributed by atoms with van der Waals surface area (Å²) in [7, 11) is 1.90. The maximum atomic E-state index is 10.5. The van der Waals surface area contributed by atoms with E-state index >= 15 is 0 Å². The first kappa shape index (κ1) is 27.5. The van der Waals surface area contributed by atoms with Crippen molar-refractivity contribution in [2.45, 2.75) is 39.6 Å². The number of nitrogens with one attached hydrogen (secondary N) is 3. The monoisotopic (exact) mass is 466 g/mol. The molecule has 2 aromatic rings. The molecule has 7 heteroatoms. The van der Waals surface area contributed by atoms with Gasteiger partial charge < -0.3 is 20.3 Å². The first-order valence-corrected chi connectivity index (χ1v) is 12.1. The van der Waals surface area contributed by atoms with Crippen LogP contribution in [0.1, 0.15) is 49.6 Å². The van der Waals surface area contributed by atoms with Crippen molar-refractivity contribution in [1.29, 1.82) is 0 Å². The van der Waals surface area contributed by atoms with Crippen molar-refractivity contribution in [1.82, 2.24) is 30.4 Å². The van der Waals surface area contributed by atoms with Gasteiger partial charge in [0, 0.05) is 39.8 Å². The highest BCUT2D eigenvalue weighted by Gasteiger charge is 2.19. The van der Waals surface area contributed by atoms with Gasteiger partial charge in [-0.15, -0.1) is 0 Å². The quantitative estimate of drug-likeness (QED) is 0.285. The van der Waals surface area contributed by atoms with Crippen LogP contribution in [-0.4, -0.2) is 65.6 Å². The van der Waals surface area contributed by atoms with Crippen molar-refractivity contribution in [3.63, 3.8) is 0 Å². The zero-order chi connectivity index (χ0) is 24.8. The van der Waals surface area contributed by atoms with Gasteiger partial charge in [0.1, 0.15) is 12.1 Å². The van der Waals surface area contributed by atoms with Crippen molar-refractivity contribution in [3.8, 4) is 0 Å². The van der Waals surface area contributed by atoms with Crippen LogP contribution >= 0.6 is 0 Å². The zero-order valence-corrected chi connectivity index (χ0v) is 21.2. The number of aliphatic hydroxyl groups excluding tert-OH is 1. The van der Waals surface area contributed by atoms with E-state index in [9.17, 15) is 5.11 Å². The van der Waals surface area contributed by atoms with Gasteiger partial charge in [-0.25, -0.2) is 4.98 Å². The van der Waals surface area contributed by atoms with Gasteiger partial charge >= 0.3 is 0 Å². The Labute approximate surface area is 205 Å². The number of likely N-dealkylation sites (N-methyl/N-ethyl adjacent to an activating group) is 1. The molecule has 0 amide bonds. The third-order valence-electron chi connectivity index (χ3n) is 5.67. The zero-order valence-electron chi connectivity index (χ0n) is 21.2. The van der Waals surface area contributed by atoms with Gasteiger partial charge in [0.05, 0.1) is 17.4 Å². The molecule has 2 atom stereocenters. The average Bonchev–Trinajstić information content (AvgIpc) is 3.19. The van der Waals surface area contributed by atoms with Crippen molar-refractivity contribution in [2.75, 3.05) is 39.8 Å². The summed E-state index contributed by atoms with van der Waals surface area (Å²) in [6.45, 7) is 14.8. The number of nitrogens with zero attached hydrogens (tertiary/aromatic N) is 3. The molecule has 0 aliphatic rings. The molecular formula is C27H42N6O. The second kappa shape index (κ2) is 15.2. The van der Waals surface area contributed by atoms with E-state index in [1.54, 1.807) is 0 Å². The highest BCUT2D eigenvalue weighted by Crippen LogP contribution is 2.22. The molecule has 0 saturated heterocycles. The lowest BCUT2D eigenvalue weighted by Gasteiger charge is -2.22. The molecule has 0 aliphatic heterocycles. The Morgan fingerprint density at radius 1 is 1.24 bits per heavy atom. The van der Waals surface area contributed by atoms with E-state index in [-0.39, 0.29) is 6.04 Å². The van der Waals surface area contributed by atoms with Gasteiger partial charge in [0.15, 0.2) is 0 Å². The summed E-state index contributed by atoms with van der Waals surface area (Å²) in [4.78, 5) is 7.21. The number of aliphatic hydroxyl groups is 1. The SMILES string of the molecule is C=Cc1c(/C=C\C)nc(C(C)NCC(O)NCCN(CC)C/C=C/NC)n1Cc1ccccc1. The molecule has 1 aromatic heterocycles. The Morgan fingerprint density at radius 2 is 2.00 bits per heavy atom. The van der Waals surface area contributed by atoms with E-state index in [0.29, 0.717) is 19.6 Å². The molecule has 0 bridgehead atoms. The second-order valence-corrected chi connectivity index (χ2v) is 8.20. The van der Waals surface area contributed by atoms with Crippen LogP contribution in [0.5, 0.6) is 0 Å². The summed E-state index contributed by atoms with van der Waals surface area (Å²) in [5, 5.41) is 20.1. The highest BCUT2D eigenvalue weighted by molar-refractivity contribution is 5.60. The maximum Gasteiger partial charge on any atom is 0.127 e. The van der Waals surface area contributed by atoms with Gasteiger partial charge in [-0.05, 0) is 44.3 Å². The molecule has 7 nitrogen and oxygen atoms in total. The van der Waals surface area contributed by atoms with Crippen LogP contribution in [0.2, 0.25) is 0 Å². The molecule has 0 aliphatic carbocycles. The van der Waals surface area contributed by atoms with Crippen LogP contribution < -0.4 is 16.0 Å². The number of hydrogen-bond donors (Lipinski definition) is 4. The summed E-state index contributed by atoms with van der Waals surface area (Å²) in [5.41, 5.74) is 3.11. The number of rotatable bonds is 16. The Hall–Kier alpha value is -2.71. The Morgan fingerprint density at radius 3 is 2.65 bits per heavy atom. The smallest absolute Gasteiger partial charge is 0.127 e. The molecule has 0 fully saturated rings. The minimum atomic E-state index is -0.638. The molecule has 186 valence electrons. The van der Waals surface area contributed by atoms with Gasteiger partial charge in [-0.1, -0.05) is 56.0 Å². The Kier molecular flexibility index (Phi) is 12.3. The standard InChI is InChI=1S/C27H42N6O/c1-6-13-24-25(7-2)33(21-23-14-10-9-11-15-23)27(31-24)22(4)30-20-26(34)29-17-19-32(8-3)18-12-16-28-5/h6-7,9-16,22,26,28-30,34H,2,8,17-21H2,1,3-5H3/b13-6-,16-12+. The first-order valence-electron chi connectivity index (χ1n) is 12.1. The van der Waals surface area contributed by atoms with Crippen molar-refractivity contribution >= 4 is 12.2 Å². The second-order valence-electron chi connectivity index (χ2n) is 8.20. The molecule has 34 heavy (non-hydrogen) atoms. The van der Waals surface area contributed by atoms with Gasteiger partial charge in [-0.2, -0.15) is 0 Å². The van der Waals surface area contributed by atoms with E-state index < -0.39 is 6.23 Å². The average molecular weight is 467 g/mol. The number of allylic oxidation sites excluding steroid dienone is 1. The van der Waals surface area contributed by atoms with Crippen LogP contribution in [0.3, 0.4) is 0 Å². The molecule has 0 saturated carbocycles. The van der Waals surface area contributed by atoms with Crippen LogP contribution in [-0.2, 0) is 6.54 Å². The summed E-state index contributed by atoms with van der Waals surface area (Å²) in [6.07, 6.45) is 9.27. The van der Waals surface area contributed by atoms with Crippen LogP contribution in [0.25, 0.3) is 12.2 Å². The van der Waals surface area contributed by atoms with E-state index in [1.165, 1.54) is 5.56 Å². The third kappa shape index (κ3) is 8.57. The number of imidazole rings is 1. The van der Waals surface area contributed by atoms with Gasteiger partial charge in [0.25, 0.3) is 0 Å². The topological polar surface area (TPSA) is 77.4 Å². The predicted molar refractivity (Wildman–Crippen MR) is 143 cm³/mol. The normalized spacial score (nSPS) is 13.7. The first-order chi connectivity index (χ1) is 16.5. The number of benzene rings is 1. The maximum absolute atomic E-state index is 10.5. The molecule has 1 aromatic carbocycles. The summed E-state index contributed by atoms with van der Waals surface area (Å²) < 4.78 is 2.20. The summed E-state index contributed by atoms with van der Waals surface area (Å²) >= 11 is 0. The molecular weight excluding hydrogens is 424 g/mol. The van der Waals surface area contributed by atoms with Crippen molar-refractivity contribution < 1.29 is 5.11 Å². The highest BCUT2D eigenvalue weighted by atomic mass is 16.3. The van der Waals surface area contributed by atoms with Crippen molar-refractivity contribution in [3.05, 3.63) is 78.0 Å². The number of hydrogen-bond acceptors (Lipinski definition) is 6. The van der Waals surface area contributed by atoms with E-state index in [4.69, 9.17) is 4.98 Å². The minimum absolute atomic E-state index is 0.0447. The van der Waals surface area contributed by atoms with Crippen LogP contribution in [0.4, 0.5) is 0 Å². The fraction of sp³-hybridized carbons (Fsp3) is 0.444. The molecule has 4 N–H and O–H groups in total. The van der Waals surface area contributed by atoms with Gasteiger partial charge in [-0.3, -0.25) is 10.2 Å². The molecule has 2 rings (SSSR count). The van der Waals surface area contributed by atoms with Crippen molar-refractivity contribution in [2.24, 2.45) is 0 Å². The summed E-state index contributed by atoms with van der Waals surface area (Å²) in [6, 6.07) is 10.3. The van der Waals surface area contributed by atoms with E-state index in [0.717, 1.165) is 36.8 Å². The molecule has 0 spiro atoms. The lowest BCUT2D eigenvalue weighted by Crippen LogP contribution is -2.43. The lowest BCUT2D eigenvalue weighted by atomic mass is 10.2. The van der Waals surface area contributed by atoms with Crippen LogP contribution in [0.15, 0.2) is 55.3 Å². The summed E-state index contributed by atoms with van der Waals surface area (Å²) in [5.74, 6) is 0.924. The van der Waals surface area contributed by atoms with E-state index in [2.05, 4.69) is 64.1 Å². The molecule has 2 unspecified atom stereocenters. The number of aromatic nitrogens is 2. The van der Waals surface area contributed by atoms with E-state index in [1.807, 2.05) is 56.6 Å². The Bertz CT molecular complexity index is 905. The fourth-order valence-corrected chi connectivity index (χ4v) is 3.80. The molecule has 0 radical (unpaired) electrons. The minimum Gasteiger partial charge on any atom is -0.394 e. The third-order valence-corrected chi connectivity index (χ3v) is 5.67. The van der Waals surface area contributed by atoms with Gasteiger partial charge in [0.2, 0.25) is 0 Å². The largest absolute Gasteiger partial charge is 0.394 e.